The summed E-state index contributed by atoms with van der Waals surface area (Å²) in [7, 11) is 1.72. The lowest BCUT2D eigenvalue weighted by atomic mass is 10.2. The Labute approximate surface area is 182 Å². The molecule has 3 amide bonds. The number of aromatic nitrogens is 2. The molecule has 1 aliphatic heterocycles. The molecule has 0 spiro atoms. The number of carbonyl (C=O) groups is 2. The molecule has 9 heteroatoms. The van der Waals surface area contributed by atoms with Crippen LogP contribution >= 0.6 is 0 Å². The SMILES string of the molecule is CCOc1ccc(CN(C)C(=O)Nc2cnn(CC(=O)N3C[C@@H](C)O[C@H](C)C3)c2)cc1. The molecule has 1 N–H and O–H groups in total. The average Bonchev–Trinajstić information content (AvgIpc) is 3.15. The summed E-state index contributed by atoms with van der Waals surface area (Å²) in [5.41, 5.74) is 1.54. The minimum atomic E-state index is -0.254. The van der Waals surface area contributed by atoms with Crippen LogP contribution < -0.4 is 10.1 Å². The van der Waals surface area contributed by atoms with Crippen LogP contribution in [0.25, 0.3) is 0 Å². The van der Waals surface area contributed by atoms with Gasteiger partial charge in [0.05, 0.1) is 30.7 Å². The summed E-state index contributed by atoms with van der Waals surface area (Å²) >= 11 is 0. The first-order valence-corrected chi connectivity index (χ1v) is 10.5. The predicted molar refractivity (Wildman–Crippen MR) is 117 cm³/mol. The number of anilines is 1. The van der Waals surface area contributed by atoms with Crippen LogP contribution in [0.2, 0.25) is 0 Å². The van der Waals surface area contributed by atoms with Crippen LogP contribution in [0.4, 0.5) is 10.5 Å². The standard InChI is InChI=1S/C22H31N5O4/c1-5-30-20-8-6-18(7-9-20)13-25(4)22(29)24-19-10-23-27(14-19)15-21(28)26-11-16(2)31-17(3)12-26/h6-10,14,16-17H,5,11-13,15H2,1-4H3,(H,24,29)/t16-,17-/m1/s1. The fraction of sp³-hybridized carbons (Fsp3) is 0.500. The molecule has 31 heavy (non-hydrogen) atoms. The van der Waals surface area contributed by atoms with Gasteiger partial charge in [-0.2, -0.15) is 5.10 Å². The van der Waals surface area contributed by atoms with Crippen LogP contribution in [0.3, 0.4) is 0 Å². The van der Waals surface area contributed by atoms with Gasteiger partial charge < -0.3 is 24.6 Å². The largest absolute Gasteiger partial charge is 0.494 e. The maximum Gasteiger partial charge on any atom is 0.321 e. The van der Waals surface area contributed by atoms with Crippen molar-refractivity contribution in [2.75, 3.05) is 32.1 Å². The molecule has 0 bridgehead atoms. The average molecular weight is 430 g/mol. The van der Waals surface area contributed by atoms with Gasteiger partial charge >= 0.3 is 6.03 Å². The van der Waals surface area contributed by atoms with Crippen LogP contribution in [-0.4, -0.2) is 70.5 Å². The number of rotatable bonds is 7. The minimum absolute atomic E-state index is 0.0180. The van der Waals surface area contributed by atoms with Crippen molar-refractivity contribution < 1.29 is 19.1 Å². The van der Waals surface area contributed by atoms with E-state index in [0.717, 1.165) is 11.3 Å². The first kappa shape index (κ1) is 22.6. The number of morpholine rings is 1. The van der Waals surface area contributed by atoms with Crippen LogP contribution in [0, 0.1) is 0 Å². The van der Waals surface area contributed by atoms with Crippen molar-refractivity contribution in [2.45, 2.75) is 46.1 Å². The van der Waals surface area contributed by atoms with Crippen LogP contribution in [0.15, 0.2) is 36.7 Å². The van der Waals surface area contributed by atoms with Crippen molar-refractivity contribution in [1.82, 2.24) is 19.6 Å². The molecular formula is C22H31N5O4. The number of nitrogens with zero attached hydrogens (tertiary/aromatic N) is 4. The highest BCUT2D eigenvalue weighted by molar-refractivity contribution is 5.88. The number of nitrogens with one attached hydrogen (secondary N) is 1. The molecule has 0 unspecified atom stereocenters. The highest BCUT2D eigenvalue weighted by Gasteiger charge is 2.26. The number of carbonyl (C=O) groups excluding carboxylic acids is 2. The Balaban J connectivity index is 1.50. The smallest absolute Gasteiger partial charge is 0.321 e. The number of hydrogen-bond acceptors (Lipinski definition) is 5. The number of ether oxygens (including phenoxy) is 2. The quantitative estimate of drug-likeness (QED) is 0.731. The zero-order valence-electron chi connectivity index (χ0n) is 18.6. The summed E-state index contributed by atoms with van der Waals surface area (Å²) in [6.07, 6.45) is 3.24. The van der Waals surface area contributed by atoms with Crippen molar-refractivity contribution in [3.05, 3.63) is 42.2 Å². The summed E-state index contributed by atoms with van der Waals surface area (Å²) in [5, 5.41) is 7.02. The monoisotopic (exact) mass is 429 g/mol. The number of amides is 3. The molecule has 0 saturated carbocycles. The molecule has 1 aliphatic rings. The van der Waals surface area contributed by atoms with Gasteiger partial charge in [0.25, 0.3) is 0 Å². The molecule has 1 saturated heterocycles. The number of hydrogen-bond donors (Lipinski definition) is 1. The number of urea groups is 1. The van der Waals surface area contributed by atoms with Crippen molar-refractivity contribution in [2.24, 2.45) is 0 Å². The van der Waals surface area contributed by atoms with Gasteiger partial charge in [-0.25, -0.2) is 4.79 Å². The maximum absolute atomic E-state index is 12.6. The second kappa shape index (κ2) is 10.3. The van der Waals surface area contributed by atoms with E-state index < -0.39 is 0 Å². The molecule has 3 rings (SSSR count). The number of benzene rings is 1. The molecule has 1 aromatic carbocycles. The molecule has 1 fully saturated rings. The van der Waals surface area contributed by atoms with E-state index in [2.05, 4.69) is 10.4 Å². The van der Waals surface area contributed by atoms with Crippen LogP contribution in [-0.2, 0) is 22.6 Å². The summed E-state index contributed by atoms with van der Waals surface area (Å²) in [6, 6.07) is 7.40. The molecular weight excluding hydrogens is 398 g/mol. The molecule has 0 aliphatic carbocycles. The lowest BCUT2D eigenvalue weighted by Crippen LogP contribution is -2.49. The maximum atomic E-state index is 12.6. The van der Waals surface area contributed by atoms with Crippen molar-refractivity contribution in [1.29, 1.82) is 0 Å². The van der Waals surface area contributed by atoms with Gasteiger partial charge in [0.15, 0.2) is 0 Å². The van der Waals surface area contributed by atoms with E-state index in [4.69, 9.17) is 9.47 Å². The molecule has 2 atom stereocenters. The molecule has 168 valence electrons. The Kier molecular flexibility index (Phi) is 7.51. The van der Waals surface area contributed by atoms with Crippen LogP contribution in [0.5, 0.6) is 5.75 Å². The molecule has 2 aromatic rings. The Morgan fingerprint density at radius 2 is 1.90 bits per heavy atom. The van der Waals surface area contributed by atoms with Gasteiger partial charge in [0, 0.05) is 32.9 Å². The Bertz CT molecular complexity index is 872. The third kappa shape index (κ3) is 6.45. The topological polar surface area (TPSA) is 88.9 Å². The van der Waals surface area contributed by atoms with Crippen molar-refractivity contribution in [3.63, 3.8) is 0 Å². The Morgan fingerprint density at radius 3 is 2.55 bits per heavy atom. The van der Waals surface area contributed by atoms with Crippen molar-refractivity contribution >= 4 is 17.6 Å². The van der Waals surface area contributed by atoms with E-state index in [9.17, 15) is 9.59 Å². The first-order chi connectivity index (χ1) is 14.8. The third-order valence-corrected chi connectivity index (χ3v) is 4.95. The van der Waals surface area contributed by atoms with Gasteiger partial charge in [-0.3, -0.25) is 9.48 Å². The summed E-state index contributed by atoms with van der Waals surface area (Å²) in [6.45, 7) is 8.20. The lowest BCUT2D eigenvalue weighted by molar-refractivity contribution is -0.144. The Morgan fingerprint density at radius 1 is 1.23 bits per heavy atom. The van der Waals surface area contributed by atoms with E-state index in [1.807, 2.05) is 45.0 Å². The second-order valence-corrected chi connectivity index (χ2v) is 7.85. The van der Waals surface area contributed by atoms with E-state index in [1.165, 1.54) is 4.68 Å². The van der Waals surface area contributed by atoms with E-state index in [0.29, 0.717) is 31.9 Å². The van der Waals surface area contributed by atoms with E-state index in [-0.39, 0.29) is 30.7 Å². The van der Waals surface area contributed by atoms with E-state index >= 15 is 0 Å². The van der Waals surface area contributed by atoms with Gasteiger partial charge in [-0.15, -0.1) is 0 Å². The highest BCUT2D eigenvalue weighted by Crippen LogP contribution is 2.15. The molecule has 2 heterocycles. The molecule has 1 aromatic heterocycles. The van der Waals surface area contributed by atoms with Crippen LogP contribution in [0.1, 0.15) is 26.3 Å². The summed E-state index contributed by atoms with van der Waals surface area (Å²) in [5.74, 6) is 0.789. The van der Waals surface area contributed by atoms with Gasteiger partial charge in [-0.1, -0.05) is 12.1 Å². The van der Waals surface area contributed by atoms with Gasteiger partial charge in [0.1, 0.15) is 12.3 Å². The summed E-state index contributed by atoms with van der Waals surface area (Å²) < 4.78 is 12.6. The normalized spacial score (nSPS) is 18.5. The zero-order valence-corrected chi connectivity index (χ0v) is 18.6. The Hall–Kier alpha value is -3.07. The highest BCUT2D eigenvalue weighted by atomic mass is 16.5. The fourth-order valence-electron chi connectivity index (χ4n) is 3.56. The van der Waals surface area contributed by atoms with Gasteiger partial charge in [-0.05, 0) is 38.5 Å². The second-order valence-electron chi connectivity index (χ2n) is 7.85. The fourth-order valence-corrected chi connectivity index (χ4v) is 3.56. The molecule has 0 radical (unpaired) electrons. The summed E-state index contributed by atoms with van der Waals surface area (Å²) in [4.78, 5) is 28.4. The molecule has 9 nitrogen and oxygen atoms in total. The third-order valence-electron chi connectivity index (χ3n) is 4.95. The van der Waals surface area contributed by atoms with Crippen molar-refractivity contribution in [3.8, 4) is 5.75 Å². The predicted octanol–water partition coefficient (Wildman–Crippen LogP) is 2.58. The minimum Gasteiger partial charge on any atom is -0.494 e. The first-order valence-electron chi connectivity index (χ1n) is 10.5. The lowest BCUT2D eigenvalue weighted by Gasteiger charge is -2.35. The van der Waals surface area contributed by atoms with E-state index in [1.54, 1.807) is 29.2 Å². The zero-order chi connectivity index (χ0) is 22.4. The van der Waals surface area contributed by atoms with Gasteiger partial charge in [0.2, 0.25) is 5.91 Å².